The van der Waals surface area contributed by atoms with Crippen LogP contribution in [0, 0.1) is 0 Å². The number of carbonyl (C=O) groups excluding carboxylic acids is 1. The summed E-state index contributed by atoms with van der Waals surface area (Å²) in [6.07, 6.45) is 3.17. The second kappa shape index (κ2) is 7.87. The fourth-order valence-electron chi connectivity index (χ4n) is 2.82. The molecule has 0 radical (unpaired) electrons. The summed E-state index contributed by atoms with van der Waals surface area (Å²) in [5.41, 5.74) is 2.59. The molecule has 142 valence electrons. The van der Waals surface area contributed by atoms with Gasteiger partial charge in [-0.3, -0.25) is 9.78 Å². The van der Waals surface area contributed by atoms with Crippen LogP contribution in [-0.2, 0) is 0 Å². The molecular formula is C21H19N3O4. The van der Waals surface area contributed by atoms with Crippen molar-refractivity contribution in [3.05, 3.63) is 66.5 Å². The van der Waals surface area contributed by atoms with Gasteiger partial charge in [0, 0.05) is 29.7 Å². The number of hydrogen-bond donors (Lipinski definition) is 2. The van der Waals surface area contributed by atoms with E-state index in [2.05, 4.69) is 15.6 Å². The Hall–Kier alpha value is -3.74. The van der Waals surface area contributed by atoms with Gasteiger partial charge in [-0.25, -0.2) is 0 Å². The van der Waals surface area contributed by atoms with Crippen molar-refractivity contribution < 1.29 is 19.0 Å². The first-order valence-corrected chi connectivity index (χ1v) is 8.78. The molecule has 0 fully saturated rings. The molecule has 28 heavy (non-hydrogen) atoms. The Balaban J connectivity index is 1.48. The predicted octanol–water partition coefficient (Wildman–Crippen LogP) is 3.86. The van der Waals surface area contributed by atoms with Crippen LogP contribution in [0.5, 0.6) is 17.2 Å². The third-order valence-corrected chi connectivity index (χ3v) is 4.16. The number of rotatable bonds is 5. The number of fused-ring (bicyclic) bond motifs is 1. The summed E-state index contributed by atoms with van der Waals surface area (Å²) in [6.45, 7) is 1.02. The minimum absolute atomic E-state index is 0.265. The van der Waals surface area contributed by atoms with Crippen LogP contribution >= 0.6 is 0 Å². The summed E-state index contributed by atoms with van der Waals surface area (Å²) in [4.78, 5) is 16.8. The normalized spacial score (nSPS) is 12.2. The molecule has 0 unspecified atom stereocenters. The number of ether oxygens (including phenoxy) is 3. The molecule has 1 aliphatic heterocycles. The van der Waals surface area contributed by atoms with Crippen molar-refractivity contribution in [2.24, 2.45) is 0 Å². The number of aromatic nitrogens is 1. The van der Waals surface area contributed by atoms with E-state index in [0.717, 1.165) is 11.4 Å². The number of carbonyl (C=O) groups is 1. The summed E-state index contributed by atoms with van der Waals surface area (Å²) in [6, 6.07) is 14.6. The molecular weight excluding hydrogens is 358 g/mol. The van der Waals surface area contributed by atoms with Crippen molar-refractivity contribution in [2.45, 2.75) is 0 Å². The molecule has 2 N–H and O–H groups in total. The maximum atomic E-state index is 12.6. The maximum Gasteiger partial charge on any atom is 0.257 e. The Morgan fingerprint density at radius 2 is 1.82 bits per heavy atom. The first-order valence-electron chi connectivity index (χ1n) is 8.78. The first-order chi connectivity index (χ1) is 13.7. The van der Waals surface area contributed by atoms with Crippen molar-refractivity contribution in [1.29, 1.82) is 0 Å². The van der Waals surface area contributed by atoms with Gasteiger partial charge in [-0.05, 0) is 30.3 Å². The number of methoxy groups -OCH3 is 1. The van der Waals surface area contributed by atoms with Gasteiger partial charge < -0.3 is 24.8 Å². The van der Waals surface area contributed by atoms with Crippen LogP contribution in [0.3, 0.4) is 0 Å². The second-order valence-electron chi connectivity index (χ2n) is 6.13. The number of pyridine rings is 1. The third kappa shape index (κ3) is 3.98. The third-order valence-electron chi connectivity index (χ3n) is 4.16. The number of anilines is 3. The Labute approximate surface area is 162 Å². The quantitative estimate of drug-likeness (QED) is 0.703. The fourth-order valence-corrected chi connectivity index (χ4v) is 2.82. The highest BCUT2D eigenvalue weighted by Gasteiger charge is 2.14. The molecule has 1 aromatic heterocycles. The van der Waals surface area contributed by atoms with E-state index in [1.807, 2.05) is 24.3 Å². The fraction of sp³-hybridized carbons (Fsp3) is 0.143. The lowest BCUT2D eigenvalue weighted by atomic mass is 10.2. The van der Waals surface area contributed by atoms with Gasteiger partial charge in [0.1, 0.15) is 19.0 Å². The highest BCUT2D eigenvalue weighted by atomic mass is 16.6. The summed E-state index contributed by atoms with van der Waals surface area (Å²) in [5, 5.41) is 6.08. The summed E-state index contributed by atoms with van der Waals surface area (Å²) < 4.78 is 16.3. The average Bonchev–Trinajstić information content (AvgIpc) is 2.74. The number of nitrogens with zero attached hydrogens (tertiary/aromatic N) is 1. The Bertz CT molecular complexity index is 1010. The predicted molar refractivity (Wildman–Crippen MR) is 106 cm³/mol. The zero-order valence-corrected chi connectivity index (χ0v) is 15.3. The van der Waals surface area contributed by atoms with Crippen molar-refractivity contribution in [2.75, 3.05) is 31.0 Å². The van der Waals surface area contributed by atoms with Gasteiger partial charge in [-0.1, -0.05) is 6.07 Å². The highest BCUT2D eigenvalue weighted by Crippen LogP contribution is 2.32. The minimum atomic E-state index is -0.265. The maximum absolute atomic E-state index is 12.6. The van der Waals surface area contributed by atoms with Crippen molar-refractivity contribution in [1.82, 2.24) is 4.98 Å². The summed E-state index contributed by atoms with van der Waals surface area (Å²) in [5.74, 6) is 1.77. The van der Waals surface area contributed by atoms with Gasteiger partial charge in [0.15, 0.2) is 11.5 Å². The number of benzene rings is 2. The molecule has 0 bridgehead atoms. The van der Waals surface area contributed by atoms with Gasteiger partial charge in [0.25, 0.3) is 5.91 Å². The molecule has 0 saturated heterocycles. The van der Waals surface area contributed by atoms with Crippen LogP contribution < -0.4 is 24.8 Å². The number of nitrogens with one attached hydrogen (secondary N) is 2. The molecule has 0 aliphatic carbocycles. The first kappa shape index (κ1) is 17.7. The van der Waals surface area contributed by atoms with E-state index in [1.54, 1.807) is 37.6 Å². The van der Waals surface area contributed by atoms with Gasteiger partial charge in [-0.2, -0.15) is 0 Å². The molecule has 2 aromatic carbocycles. The molecule has 7 nitrogen and oxygen atoms in total. The lowest BCUT2D eigenvalue weighted by molar-refractivity contribution is 0.102. The molecule has 7 heteroatoms. The number of amides is 1. The van der Waals surface area contributed by atoms with Gasteiger partial charge in [0.2, 0.25) is 0 Å². The molecule has 4 rings (SSSR count). The van der Waals surface area contributed by atoms with Crippen LogP contribution in [0.1, 0.15) is 10.4 Å². The van der Waals surface area contributed by atoms with Crippen LogP contribution in [-0.4, -0.2) is 31.2 Å². The smallest absolute Gasteiger partial charge is 0.257 e. The van der Waals surface area contributed by atoms with Crippen LogP contribution in [0.25, 0.3) is 0 Å². The van der Waals surface area contributed by atoms with Crippen molar-refractivity contribution in [3.8, 4) is 17.2 Å². The molecule has 0 spiro atoms. The van der Waals surface area contributed by atoms with E-state index in [-0.39, 0.29) is 5.91 Å². The minimum Gasteiger partial charge on any atom is -0.497 e. The zero-order valence-electron chi connectivity index (χ0n) is 15.3. The van der Waals surface area contributed by atoms with Crippen molar-refractivity contribution in [3.63, 3.8) is 0 Å². The van der Waals surface area contributed by atoms with Gasteiger partial charge in [0.05, 0.1) is 24.6 Å². The molecule has 0 atom stereocenters. The monoisotopic (exact) mass is 377 g/mol. The summed E-state index contributed by atoms with van der Waals surface area (Å²) >= 11 is 0. The van der Waals surface area contributed by atoms with Gasteiger partial charge in [-0.15, -0.1) is 0 Å². The SMILES string of the molecule is COc1cccc(Nc2cncc(C(=O)Nc3ccc4c(c3)OCCO4)c2)c1. The van der Waals surface area contributed by atoms with Crippen LogP contribution in [0.4, 0.5) is 17.1 Å². The highest BCUT2D eigenvalue weighted by molar-refractivity contribution is 6.04. The summed E-state index contributed by atoms with van der Waals surface area (Å²) in [7, 11) is 1.61. The van der Waals surface area contributed by atoms with E-state index >= 15 is 0 Å². The standard InChI is InChI=1S/C21H19N3O4/c1-26-18-4-2-3-15(10-18)23-17-9-14(12-22-13-17)21(25)24-16-5-6-19-20(11-16)28-8-7-27-19/h2-6,9-13,23H,7-8H2,1H3,(H,24,25). The molecule has 3 aromatic rings. The molecule has 2 heterocycles. The lowest BCUT2D eigenvalue weighted by Gasteiger charge is -2.19. The van der Waals surface area contributed by atoms with E-state index in [4.69, 9.17) is 14.2 Å². The Morgan fingerprint density at radius 1 is 0.964 bits per heavy atom. The largest absolute Gasteiger partial charge is 0.497 e. The van der Waals surface area contributed by atoms with Gasteiger partial charge >= 0.3 is 0 Å². The molecule has 0 saturated carbocycles. The average molecular weight is 377 g/mol. The van der Waals surface area contributed by atoms with E-state index in [0.29, 0.717) is 41.7 Å². The zero-order chi connectivity index (χ0) is 19.3. The lowest BCUT2D eigenvalue weighted by Crippen LogP contribution is -2.16. The van der Waals surface area contributed by atoms with E-state index < -0.39 is 0 Å². The second-order valence-corrected chi connectivity index (χ2v) is 6.13. The Morgan fingerprint density at radius 3 is 2.68 bits per heavy atom. The number of hydrogen-bond acceptors (Lipinski definition) is 6. The molecule has 1 aliphatic rings. The van der Waals surface area contributed by atoms with Crippen molar-refractivity contribution >= 4 is 23.0 Å². The van der Waals surface area contributed by atoms with Crippen LogP contribution in [0.2, 0.25) is 0 Å². The topological polar surface area (TPSA) is 81.7 Å². The van der Waals surface area contributed by atoms with E-state index in [9.17, 15) is 4.79 Å². The van der Waals surface area contributed by atoms with Crippen LogP contribution in [0.15, 0.2) is 60.9 Å². The molecule has 1 amide bonds. The van der Waals surface area contributed by atoms with E-state index in [1.165, 1.54) is 6.20 Å². The Kier molecular flexibility index (Phi) is 4.97.